The fourth-order valence-electron chi connectivity index (χ4n) is 2.57. The molecule has 3 rings (SSSR count). The monoisotopic (exact) mass is 304 g/mol. The van der Waals surface area contributed by atoms with Crippen LogP contribution in [0.15, 0.2) is 36.4 Å². The maximum atomic E-state index is 13.7. The van der Waals surface area contributed by atoms with Gasteiger partial charge in [0.25, 0.3) is 0 Å². The summed E-state index contributed by atoms with van der Waals surface area (Å²) in [6.07, 6.45) is 3.23. The van der Waals surface area contributed by atoms with Crippen molar-refractivity contribution in [3.63, 3.8) is 0 Å². The summed E-state index contributed by atoms with van der Waals surface area (Å²) in [7, 11) is 0. The lowest BCUT2D eigenvalue weighted by Gasteiger charge is -2.08. The number of ketones is 1. The Kier molecular flexibility index (Phi) is 3.93. The maximum Gasteiger partial charge on any atom is 0.200 e. The Morgan fingerprint density at radius 3 is 2.86 bits per heavy atom. The average Bonchev–Trinajstić information content (AvgIpc) is 2.96. The molecule has 0 radical (unpaired) electrons. The van der Waals surface area contributed by atoms with Crippen molar-refractivity contribution < 1.29 is 13.9 Å². The molecule has 0 aromatic heterocycles. The highest BCUT2D eigenvalue weighted by Gasteiger charge is 2.15. The summed E-state index contributed by atoms with van der Waals surface area (Å²) in [5, 5.41) is -0.0162. The van der Waals surface area contributed by atoms with E-state index in [0.29, 0.717) is 5.56 Å². The number of ether oxygens (including phenoxy) is 1. The van der Waals surface area contributed by atoms with Gasteiger partial charge in [-0.1, -0.05) is 29.8 Å². The van der Waals surface area contributed by atoms with E-state index in [4.69, 9.17) is 16.3 Å². The first-order valence-electron chi connectivity index (χ1n) is 6.87. The molecule has 0 N–H and O–H groups in total. The molecule has 1 aliphatic rings. The molecule has 0 saturated heterocycles. The highest BCUT2D eigenvalue weighted by molar-refractivity contribution is 6.30. The summed E-state index contributed by atoms with van der Waals surface area (Å²) in [5.41, 5.74) is 3.15. The first-order valence-corrected chi connectivity index (χ1v) is 7.25. The Morgan fingerprint density at radius 2 is 2.00 bits per heavy atom. The van der Waals surface area contributed by atoms with Crippen molar-refractivity contribution in [1.82, 2.24) is 0 Å². The number of rotatable bonds is 4. The van der Waals surface area contributed by atoms with Crippen molar-refractivity contribution in [3.8, 4) is 5.75 Å². The predicted octanol–water partition coefficient (Wildman–Crippen LogP) is 4.23. The normalized spacial score (nSPS) is 13.0. The number of hydrogen-bond donors (Lipinski definition) is 0. The SMILES string of the molecule is O=C(COc1cccc(Cl)c1F)c1ccc2c(c1)CCC2. The molecule has 0 spiro atoms. The van der Waals surface area contributed by atoms with Crippen molar-refractivity contribution in [1.29, 1.82) is 0 Å². The predicted molar refractivity (Wildman–Crippen MR) is 79.7 cm³/mol. The molecule has 108 valence electrons. The quantitative estimate of drug-likeness (QED) is 0.790. The molecule has 0 amide bonds. The van der Waals surface area contributed by atoms with Crippen molar-refractivity contribution in [2.75, 3.05) is 6.61 Å². The van der Waals surface area contributed by atoms with E-state index in [9.17, 15) is 9.18 Å². The number of Topliss-reactive ketones (excluding diaryl/α,β-unsaturated/α-hetero) is 1. The van der Waals surface area contributed by atoms with E-state index in [0.717, 1.165) is 19.3 Å². The van der Waals surface area contributed by atoms with Crippen molar-refractivity contribution in [2.45, 2.75) is 19.3 Å². The third kappa shape index (κ3) is 2.93. The Morgan fingerprint density at radius 1 is 1.19 bits per heavy atom. The number of aryl methyl sites for hydroxylation is 2. The van der Waals surface area contributed by atoms with Crippen LogP contribution in [0.4, 0.5) is 4.39 Å². The number of benzene rings is 2. The molecular formula is C17H14ClFO2. The van der Waals surface area contributed by atoms with Crippen LogP contribution in [-0.2, 0) is 12.8 Å². The van der Waals surface area contributed by atoms with Gasteiger partial charge in [0.2, 0.25) is 0 Å². The fraction of sp³-hybridized carbons (Fsp3) is 0.235. The zero-order valence-electron chi connectivity index (χ0n) is 11.4. The molecule has 0 saturated carbocycles. The van der Waals surface area contributed by atoms with E-state index < -0.39 is 5.82 Å². The molecule has 0 unspecified atom stereocenters. The van der Waals surface area contributed by atoms with Crippen molar-refractivity contribution >= 4 is 17.4 Å². The Labute approximate surface area is 127 Å². The van der Waals surface area contributed by atoms with Crippen LogP contribution >= 0.6 is 11.6 Å². The molecule has 0 bridgehead atoms. The van der Waals surface area contributed by atoms with E-state index in [2.05, 4.69) is 0 Å². The van der Waals surface area contributed by atoms with E-state index in [1.54, 1.807) is 6.07 Å². The summed E-state index contributed by atoms with van der Waals surface area (Å²) in [6.45, 7) is -0.198. The van der Waals surface area contributed by atoms with Crippen molar-refractivity contribution in [3.05, 3.63) is 63.9 Å². The first-order chi connectivity index (χ1) is 10.1. The number of carbonyl (C=O) groups is 1. The van der Waals surface area contributed by atoms with Crippen LogP contribution in [0, 0.1) is 5.82 Å². The smallest absolute Gasteiger partial charge is 0.200 e. The van der Waals surface area contributed by atoms with Crippen LogP contribution in [0.1, 0.15) is 27.9 Å². The topological polar surface area (TPSA) is 26.3 Å². The molecule has 2 nitrogen and oxygen atoms in total. The van der Waals surface area contributed by atoms with Gasteiger partial charge in [-0.05, 0) is 48.6 Å². The van der Waals surface area contributed by atoms with Gasteiger partial charge in [0.15, 0.2) is 24.0 Å². The second-order valence-electron chi connectivity index (χ2n) is 5.10. The lowest BCUT2D eigenvalue weighted by atomic mass is 10.0. The van der Waals surface area contributed by atoms with Gasteiger partial charge in [-0.2, -0.15) is 0 Å². The zero-order valence-corrected chi connectivity index (χ0v) is 12.1. The van der Waals surface area contributed by atoms with Gasteiger partial charge < -0.3 is 4.74 Å². The van der Waals surface area contributed by atoms with Crippen molar-refractivity contribution in [2.24, 2.45) is 0 Å². The van der Waals surface area contributed by atoms with Gasteiger partial charge in [-0.25, -0.2) is 4.39 Å². The summed E-state index contributed by atoms with van der Waals surface area (Å²) in [5.74, 6) is -0.804. The minimum atomic E-state index is -0.638. The second kappa shape index (κ2) is 5.86. The molecule has 1 aliphatic carbocycles. The summed E-state index contributed by atoms with van der Waals surface area (Å²) in [6, 6.07) is 10.2. The second-order valence-corrected chi connectivity index (χ2v) is 5.51. The maximum absolute atomic E-state index is 13.7. The van der Waals surface area contributed by atoms with Gasteiger partial charge in [-0.15, -0.1) is 0 Å². The summed E-state index contributed by atoms with van der Waals surface area (Å²) >= 11 is 5.67. The third-order valence-corrected chi connectivity index (χ3v) is 3.99. The van der Waals surface area contributed by atoms with Crippen LogP contribution in [0.2, 0.25) is 5.02 Å². The Bertz CT molecular complexity index is 697. The molecule has 0 atom stereocenters. The largest absolute Gasteiger partial charge is 0.482 e. The van der Waals surface area contributed by atoms with Crippen LogP contribution in [-0.4, -0.2) is 12.4 Å². The minimum absolute atomic E-state index is 0.00277. The molecule has 2 aromatic rings. The summed E-state index contributed by atoms with van der Waals surface area (Å²) in [4.78, 5) is 12.1. The molecular weight excluding hydrogens is 291 g/mol. The van der Waals surface area contributed by atoms with E-state index in [1.165, 1.54) is 23.3 Å². The number of hydrogen-bond acceptors (Lipinski definition) is 2. The van der Waals surface area contributed by atoms with Gasteiger partial charge in [-0.3, -0.25) is 4.79 Å². The van der Waals surface area contributed by atoms with Crippen LogP contribution in [0.25, 0.3) is 0 Å². The first kappa shape index (κ1) is 14.1. The fourth-order valence-corrected chi connectivity index (χ4v) is 2.73. The number of halogens is 2. The van der Waals surface area contributed by atoms with Crippen LogP contribution in [0.5, 0.6) is 5.75 Å². The standard InChI is InChI=1S/C17H14ClFO2/c18-14-5-2-6-16(17(14)19)21-10-15(20)13-8-7-11-3-1-4-12(11)9-13/h2,5-9H,1,3-4,10H2. The molecule has 0 fully saturated rings. The van der Waals surface area contributed by atoms with E-state index >= 15 is 0 Å². The average molecular weight is 305 g/mol. The zero-order chi connectivity index (χ0) is 14.8. The van der Waals surface area contributed by atoms with Gasteiger partial charge >= 0.3 is 0 Å². The van der Waals surface area contributed by atoms with Gasteiger partial charge in [0, 0.05) is 5.56 Å². The molecule has 0 heterocycles. The van der Waals surface area contributed by atoms with Gasteiger partial charge in [0.1, 0.15) is 0 Å². The van der Waals surface area contributed by atoms with Crippen LogP contribution < -0.4 is 4.74 Å². The minimum Gasteiger partial charge on any atom is -0.482 e. The molecule has 0 aliphatic heterocycles. The Hall–Kier alpha value is -1.87. The molecule has 4 heteroatoms. The van der Waals surface area contributed by atoms with Crippen LogP contribution in [0.3, 0.4) is 0 Å². The third-order valence-electron chi connectivity index (χ3n) is 3.70. The highest BCUT2D eigenvalue weighted by atomic mass is 35.5. The summed E-state index contributed by atoms with van der Waals surface area (Å²) < 4.78 is 18.9. The lowest BCUT2D eigenvalue weighted by molar-refractivity contribution is 0.0918. The lowest BCUT2D eigenvalue weighted by Crippen LogP contribution is -2.12. The number of carbonyl (C=O) groups excluding carboxylic acids is 1. The molecule has 2 aromatic carbocycles. The molecule has 21 heavy (non-hydrogen) atoms. The van der Waals surface area contributed by atoms with E-state index in [-0.39, 0.29) is 23.2 Å². The Balaban J connectivity index is 1.71. The van der Waals surface area contributed by atoms with E-state index in [1.807, 2.05) is 18.2 Å². The highest BCUT2D eigenvalue weighted by Crippen LogP contribution is 2.25. The number of fused-ring (bicyclic) bond motifs is 1. The van der Waals surface area contributed by atoms with Gasteiger partial charge in [0.05, 0.1) is 5.02 Å².